The molecular weight excluding hydrogens is 285 g/mol. The predicted octanol–water partition coefficient (Wildman–Crippen LogP) is 1.51. The van der Waals surface area contributed by atoms with Crippen LogP contribution >= 0.6 is 11.3 Å². The zero-order valence-corrected chi connectivity index (χ0v) is 14.2. The molecule has 0 amide bonds. The number of rotatable bonds is 5. The Bertz CT molecular complexity index is 468. The molecule has 0 bridgehead atoms. The van der Waals surface area contributed by atoms with Crippen molar-refractivity contribution in [3.05, 3.63) is 15.3 Å². The van der Waals surface area contributed by atoms with Crippen molar-refractivity contribution in [1.29, 1.82) is 0 Å². The third-order valence-corrected chi connectivity index (χ3v) is 5.43. The number of thiophene rings is 1. The fourth-order valence-electron chi connectivity index (χ4n) is 2.93. The first-order chi connectivity index (χ1) is 9.91. The van der Waals surface area contributed by atoms with E-state index in [2.05, 4.69) is 32.6 Å². The monoisotopic (exact) mass is 311 g/mol. The Hall–Kier alpha value is -0.395. The van der Waals surface area contributed by atoms with Crippen molar-refractivity contribution in [2.45, 2.75) is 46.1 Å². The zero-order chi connectivity index (χ0) is 15.6. The van der Waals surface area contributed by atoms with Gasteiger partial charge in [-0.05, 0) is 17.4 Å². The Balaban J connectivity index is 2.36. The molecule has 0 spiro atoms. The second-order valence-corrected chi connectivity index (χ2v) is 7.43. The van der Waals surface area contributed by atoms with Crippen LogP contribution in [-0.2, 0) is 11.3 Å². The van der Waals surface area contributed by atoms with Gasteiger partial charge in [-0.15, -0.1) is 11.3 Å². The zero-order valence-electron chi connectivity index (χ0n) is 13.4. The molecule has 1 saturated heterocycles. The molecule has 1 aromatic rings. The van der Waals surface area contributed by atoms with Crippen LogP contribution < -0.4 is 5.46 Å². The molecule has 0 aromatic carbocycles. The van der Waals surface area contributed by atoms with Gasteiger partial charge in [0.1, 0.15) is 0 Å². The van der Waals surface area contributed by atoms with E-state index in [9.17, 15) is 10.0 Å². The van der Waals surface area contributed by atoms with Crippen molar-refractivity contribution < 1.29 is 14.8 Å². The minimum atomic E-state index is -1.38. The van der Waals surface area contributed by atoms with Gasteiger partial charge in [-0.2, -0.15) is 0 Å². The molecule has 1 aliphatic heterocycles. The second kappa shape index (κ2) is 7.25. The van der Waals surface area contributed by atoms with Crippen molar-refractivity contribution in [2.75, 3.05) is 26.3 Å². The van der Waals surface area contributed by atoms with Gasteiger partial charge >= 0.3 is 7.12 Å². The maximum absolute atomic E-state index is 9.83. The first-order valence-electron chi connectivity index (χ1n) is 7.73. The Labute approximate surface area is 131 Å². The lowest BCUT2D eigenvalue weighted by Crippen LogP contribution is -2.37. The van der Waals surface area contributed by atoms with Gasteiger partial charge < -0.3 is 14.8 Å². The molecular formula is C15H26BNO3S. The number of hydrogen-bond acceptors (Lipinski definition) is 5. The molecule has 1 aliphatic rings. The highest BCUT2D eigenvalue weighted by molar-refractivity contribution is 7.13. The van der Waals surface area contributed by atoms with E-state index in [1.165, 1.54) is 4.88 Å². The van der Waals surface area contributed by atoms with Crippen LogP contribution in [0.4, 0.5) is 0 Å². The van der Waals surface area contributed by atoms with Crippen molar-refractivity contribution in [2.24, 2.45) is 0 Å². The molecule has 0 aliphatic carbocycles. The van der Waals surface area contributed by atoms with Crippen LogP contribution in [0.5, 0.6) is 0 Å². The van der Waals surface area contributed by atoms with E-state index in [0.29, 0.717) is 11.8 Å². The van der Waals surface area contributed by atoms with Crippen molar-refractivity contribution in [3.63, 3.8) is 0 Å². The summed E-state index contributed by atoms with van der Waals surface area (Å²) < 4.78 is 5.40. The Kier molecular flexibility index (Phi) is 5.85. The van der Waals surface area contributed by atoms with Gasteiger partial charge in [-0.25, -0.2) is 0 Å². The van der Waals surface area contributed by atoms with Crippen molar-refractivity contribution in [3.8, 4) is 0 Å². The molecule has 2 N–H and O–H groups in total. The maximum atomic E-state index is 9.83. The fourth-order valence-corrected chi connectivity index (χ4v) is 4.46. The highest BCUT2D eigenvalue weighted by Crippen LogP contribution is 2.32. The molecule has 4 nitrogen and oxygen atoms in total. The van der Waals surface area contributed by atoms with E-state index >= 15 is 0 Å². The van der Waals surface area contributed by atoms with Crippen LogP contribution in [0.2, 0.25) is 0 Å². The van der Waals surface area contributed by atoms with Gasteiger partial charge in [0.2, 0.25) is 0 Å². The highest BCUT2D eigenvalue weighted by Gasteiger charge is 2.29. The lowest BCUT2D eigenvalue weighted by molar-refractivity contribution is 0.0345. The largest absolute Gasteiger partial charge is 0.489 e. The quantitative estimate of drug-likeness (QED) is 0.810. The summed E-state index contributed by atoms with van der Waals surface area (Å²) >= 11 is 1.74. The normalized spacial score (nSPS) is 17.0. The predicted molar refractivity (Wildman–Crippen MR) is 88.4 cm³/mol. The van der Waals surface area contributed by atoms with Gasteiger partial charge in [0, 0.05) is 34.9 Å². The van der Waals surface area contributed by atoms with Crippen molar-refractivity contribution >= 4 is 23.9 Å². The SMILES string of the molecule is CC(C)c1sc(CN2CCOCC2)c(C(C)C)c1B(O)O. The second-order valence-electron chi connectivity index (χ2n) is 6.29. The van der Waals surface area contributed by atoms with Gasteiger partial charge in [0.25, 0.3) is 0 Å². The molecule has 0 unspecified atom stereocenters. The van der Waals surface area contributed by atoms with Gasteiger partial charge in [0.05, 0.1) is 13.2 Å². The summed E-state index contributed by atoms with van der Waals surface area (Å²) in [7, 11) is -1.38. The summed E-state index contributed by atoms with van der Waals surface area (Å²) in [5.41, 5.74) is 1.87. The standard InChI is InChI=1S/C15H26BNO3S/c1-10(2)13-12(9-17-5-7-20-8-6-17)21-15(11(3)4)14(13)16(18)19/h10-11,18-19H,5-9H2,1-4H3. The highest BCUT2D eigenvalue weighted by atomic mass is 32.1. The topological polar surface area (TPSA) is 52.9 Å². The maximum Gasteiger partial charge on any atom is 0.489 e. The minimum Gasteiger partial charge on any atom is -0.423 e. The lowest BCUT2D eigenvalue weighted by Gasteiger charge is -2.27. The average Bonchev–Trinajstić information content (AvgIpc) is 2.79. The first-order valence-corrected chi connectivity index (χ1v) is 8.55. The molecule has 6 heteroatoms. The summed E-state index contributed by atoms with van der Waals surface area (Å²) in [6, 6.07) is 0. The fraction of sp³-hybridized carbons (Fsp3) is 0.733. The summed E-state index contributed by atoms with van der Waals surface area (Å²) in [6.45, 7) is 12.8. The average molecular weight is 311 g/mol. The third-order valence-electron chi connectivity index (χ3n) is 3.92. The van der Waals surface area contributed by atoms with Gasteiger partial charge in [-0.3, -0.25) is 4.90 Å². The molecule has 2 rings (SSSR count). The van der Waals surface area contributed by atoms with E-state index in [1.54, 1.807) is 11.3 Å². The van der Waals surface area contributed by atoms with Crippen LogP contribution in [-0.4, -0.2) is 48.4 Å². The summed E-state index contributed by atoms with van der Waals surface area (Å²) in [4.78, 5) is 4.77. The molecule has 21 heavy (non-hydrogen) atoms. The van der Waals surface area contributed by atoms with E-state index in [-0.39, 0.29) is 0 Å². The molecule has 0 atom stereocenters. The molecule has 1 fully saturated rings. The molecule has 0 saturated carbocycles. The molecule has 2 heterocycles. The molecule has 0 radical (unpaired) electrons. The van der Waals surface area contributed by atoms with Crippen molar-refractivity contribution in [1.82, 2.24) is 4.90 Å². The number of hydrogen-bond donors (Lipinski definition) is 2. The summed E-state index contributed by atoms with van der Waals surface area (Å²) in [5, 5.41) is 19.7. The smallest absolute Gasteiger partial charge is 0.423 e. The van der Waals surface area contributed by atoms with Crippen LogP contribution in [0.25, 0.3) is 0 Å². The third kappa shape index (κ3) is 3.87. The lowest BCUT2D eigenvalue weighted by atomic mass is 9.73. The van der Waals surface area contributed by atoms with Crippen LogP contribution in [0.3, 0.4) is 0 Å². The van der Waals surface area contributed by atoms with Gasteiger partial charge in [-0.1, -0.05) is 27.7 Å². The Morgan fingerprint density at radius 2 is 1.76 bits per heavy atom. The number of morpholine rings is 1. The molecule has 118 valence electrons. The summed E-state index contributed by atoms with van der Waals surface area (Å²) in [6.07, 6.45) is 0. The Morgan fingerprint density at radius 3 is 2.24 bits per heavy atom. The number of ether oxygens (including phenoxy) is 1. The summed E-state index contributed by atoms with van der Waals surface area (Å²) in [5.74, 6) is 0.601. The number of nitrogens with zero attached hydrogens (tertiary/aromatic N) is 1. The van der Waals surface area contributed by atoms with E-state index in [4.69, 9.17) is 4.74 Å². The minimum absolute atomic E-state index is 0.293. The Morgan fingerprint density at radius 1 is 1.14 bits per heavy atom. The van der Waals surface area contributed by atoms with Crippen LogP contribution in [0.15, 0.2) is 0 Å². The first kappa shape index (κ1) is 17.0. The molecule has 1 aromatic heterocycles. The van der Waals surface area contributed by atoms with Crippen LogP contribution in [0.1, 0.15) is 54.8 Å². The van der Waals surface area contributed by atoms with E-state index < -0.39 is 7.12 Å². The van der Waals surface area contributed by atoms with Crippen LogP contribution in [0, 0.1) is 0 Å². The van der Waals surface area contributed by atoms with Gasteiger partial charge in [0.15, 0.2) is 0 Å². The van der Waals surface area contributed by atoms with E-state index in [1.807, 2.05) is 0 Å². The van der Waals surface area contributed by atoms with E-state index in [0.717, 1.165) is 48.8 Å².